The van der Waals surface area contributed by atoms with Crippen LogP contribution < -0.4 is 10.9 Å². The maximum Gasteiger partial charge on any atom is 0.251 e. The molecule has 4 rings (SSSR count). The Hall–Kier alpha value is -3.80. The molecule has 2 N–H and O–H groups in total. The van der Waals surface area contributed by atoms with Gasteiger partial charge in [-0.05, 0) is 43.2 Å². The molecular formula is C24H23N5O. The van der Waals surface area contributed by atoms with E-state index in [0.29, 0.717) is 18.1 Å². The number of aromatic nitrogens is 4. The number of hydrogen-bond donors (Lipinski definition) is 2. The largest absolute Gasteiger partial charge is 0.358 e. The average molecular weight is 397 g/mol. The zero-order valence-corrected chi connectivity index (χ0v) is 17.0. The fourth-order valence-corrected chi connectivity index (χ4v) is 3.32. The van der Waals surface area contributed by atoms with Gasteiger partial charge in [-0.2, -0.15) is 0 Å². The van der Waals surface area contributed by atoms with E-state index < -0.39 is 0 Å². The summed E-state index contributed by atoms with van der Waals surface area (Å²) >= 11 is 0. The van der Waals surface area contributed by atoms with E-state index in [0.717, 1.165) is 22.5 Å². The van der Waals surface area contributed by atoms with Crippen molar-refractivity contribution in [2.75, 3.05) is 5.32 Å². The summed E-state index contributed by atoms with van der Waals surface area (Å²) < 4.78 is 0. The second-order valence-corrected chi connectivity index (χ2v) is 7.12. The Labute approximate surface area is 175 Å². The summed E-state index contributed by atoms with van der Waals surface area (Å²) in [7, 11) is 0. The smallest absolute Gasteiger partial charge is 0.251 e. The first-order chi connectivity index (χ1) is 14.6. The molecule has 6 heteroatoms. The van der Waals surface area contributed by atoms with Crippen molar-refractivity contribution >= 4 is 5.82 Å². The number of nitrogens with one attached hydrogen (secondary N) is 2. The number of aromatic amines is 1. The van der Waals surface area contributed by atoms with Crippen LogP contribution in [0, 0.1) is 6.92 Å². The second kappa shape index (κ2) is 8.69. The molecular weight excluding hydrogens is 374 g/mol. The molecule has 0 aliphatic carbocycles. The van der Waals surface area contributed by atoms with Crippen molar-refractivity contribution in [2.24, 2.45) is 0 Å². The maximum absolute atomic E-state index is 11.9. The van der Waals surface area contributed by atoms with E-state index in [1.807, 2.05) is 43.3 Å². The molecule has 1 atom stereocenters. The third-order valence-electron chi connectivity index (χ3n) is 4.85. The van der Waals surface area contributed by atoms with Crippen molar-refractivity contribution in [1.82, 2.24) is 19.9 Å². The van der Waals surface area contributed by atoms with Crippen LogP contribution >= 0.6 is 0 Å². The van der Waals surface area contributed by atoms with Crippen LogP contribution in [0.3, 0.4) is 0 Å². The molecule has 0 fully saturated rings. The minimum absolute atomic E-state index is 0.134. The Balaban J connectivity index is 1.64. The molecule has 0 bridgehead atoms. The molecule has 4 aromatic rings. The van der Waals surface area contributed by atoms with Gasteiger partial charge in [-0.1, -0.05) is 42.8 Å². The molecule has 0 aliphatic rings. The lowest BCUT2D eigenvalue weighted by Crippen LogP contribution is -2.15. The SMILES string of the molecule is CCc1cc(=O)[nH]c(-c2ccc(NC(c3cccc(C)c3)c3ccccn3)nc2)n1. The Morgan fingerprint density at radius 2 is 1.93 bits per heavy atom. The van der Waals surface area contributed by atoms with Gasteiger partial charge >= 0.3 is 0 Å². The summed E-state index contributed by atoms with van der Waals surface area (Å²) in [6, 6.07) is 19.4. The number of nitrogens with zero attached hydrogens (tertiary/aromatic N) is 3. The lowest BCUT2D eigenvalue weighted by molar-refractivity contribution is 0.876. The molecule has 0 amide bonds. The Morgan fingerprint density at radius 3 is 2.63 bits per heavy atom. The van der Waals surface area contributed by atoms with Crippen LogP contribution in [0.5, 0.6) is 0 Å². The number of hydrogen-bond acceptors (Lipinski definition) is 5. The van der Waals surface area contributed by atoms with Crippen LogP contribution in [0.2, 0.25) is 0 Å². The molecule has 30 heavy (non-hydrogen) atoms. The van der Waals surface area contributed by atoms with Crippen molar-refractivity contribution in [3.63, 3.8) is 0 Å². The summed E-state index contributed by atoms with van der Waals surface area (Å²) in [5.74, 6) is 1.24. The maximum atomic E-state index is 11.9. The number of pyridine rings is 2. The van der Waals surface area contributed by atoms with E-state index in [9.17, 15) is 4.79 Å². The van der Waals surface area contributed by atoms with Crippen molar-refractivity contribution in [2.45, 2.75) is 26.3 Å². The van der Waals surface area contributed by atoms with Crippen LogP contribution in [-0.2, 0) is 6.42 Å². The first-order valence-corrected chi connectivity index (χ1v) is 9.93. The molecule has 1 unspecified atom stereocenters. The summed E-state index contributed by atoms with van der Waals surface area (Å²) in [6.45, 7) is 4.05. The van der Waals surface area contributed by atoms with Crippen LogP contribution in [-0.4, -0.2) is 19.9 Å². The molecule has 1 aromatic carbocycles. The summed E-state index contributed by atoms with van der Waals surface area (Å²) in [5, 5.41) is 3.49. The van der Waals surface area contributed by atoms with Crippen LogP contribution in [0.1, 0.15) is 35.5 Å². The van der Waals surface area contributed by atoms with E-state index >= 15 is 0 Å². The Morgan fingerprint density at radius 1 is 1.03 bits per heavy atom. The molecule has 6 nitrogen and oxygen atoms in total. The number of anilines is 1. The predicted octanol–water partition coefficient (Wildman–Crippen LogP) is 4.30. The van der Waals surface area contributed by atoms with Crippen LogP contribution in [0.15, 0.2) is 77.9 Å². The molecule has 150 valence electrons. The van der Waals surface area contributed by atoms with Gasteiger partial charge in [0.05, 0.1) is 11.7 Å². The number of aryl methyl sites for hydroxylation is 2. The van der Waals surface area contributed by atoms with E-state index in [2.05, 4.69) is 50.4 Å². The standard InChI is InChI=1S/C24H23N5O/c1-3-19-14-22(30)29-24(27-19)18-10-11-21(26-15-18)28-23(20-9-4-5-12-25-20)17-8-6-7-16(2)13-17/h4-15,23H,3H2,1-2H3,(H,26,28)(H,27,29,30). The summed E-state index contributed by atoms with van der Waals surface area (Å²) in [5.41, 5.74) is 4.57. The van der Waals surface area contributed by atoms with Gasteiger partial charge in [0.2, 0.25) is 0 Å². The second-order valence-electron chi connectivity index (χ2n) is 7.12. The number of benzene rings is 1. The normalized spacial score (nSPS) is 11.8. The van der Waals surface area contributed by atoms with Gasteiger partial charge in [0.1, 0.15) is 11.6 Å². The van der Waals surface area contributed by atoms with E-state index in [1.165, 1.54) is 11.6 Å². The van der Waals surface area contributed by atoms with Crippen molar-refractivity contribution in [3.8, 4) is 11.4 Å². The first kappa shape index (κ1) is 19.5. The lowest BCUT2D eigenvalue weighted by atomic mass is 10.0. The molecule has 0 saturated carbocycles. The number of rotatable bonds is 6. The highest BCUT2D eigenvalue weighted by atomic mass is 16.1. The minimum atomic E-state index is -0.159. The van der Waals surface area contributed by atoms with Gasteiger partial charge in [-0.3, -0.25) is 9.78 Å². The molecule has 3 aromatic heterocycles. The van der Waals surface area contributed by atoms with Crippen LogP contribution in [0.25, 0.3) is 11.4 Å². The fraction of sp³-hybridized carbons (Fsp3) is 0.167. The molecule has 0 spiro atoms. The summed E-state index contributed by atoms with van der Waals surface area (Å²) in [4.78, 5) is 28.2. The third kappa shape index (κ3) is 4.43. The van der Waals surface area contributed by atoms with Gasteiger partial charge in [0.25, 0.3) is 5.56 Å². The van der Waals surface area contributed by atoms with Crippen molar-refractivity contribution in [3.05, 3.63) is 106 Å². The quantitative estimate of drug-likeness (QED) is 0.507. The Kier molecular flexibility index (Phi) is 5.66. The minimum Gasteiger partial charge on any atom is -0.358 e. The first-order valence-electron chi connectivity index (χ1n) is 9.93. The van der Waals surface area contributed by atoms with Gasteiger partial charge in [0, 0.05) is 29.7 Å². The summed E-state index contributed by atoms with van der Waals surface area (Å²) in [6.07, 6.45) is 4.21. The molecule has 0 radical (unpaired) electrons. The third-order valence-corrected chi connectivity index (χ3v) is 4.85. The van der Waals surface area contributed by atoms with E-state index in [1.54, 1.807) is 12.4 Å². The zero-order valence-electron chi connectivity index (χ0n) is 17.0. The lowest BCUT2D eigenvalue weighted by Gasteiger charge is -2.20. The fourth-order valence-electron chi connectivity index (χ4n) is 3.32. The van der Waals surface area contributed by atoms with E-state index in [-0.39, 0.29) is 11.6 Å². The predicted molar refractivity (Wildman–Crippen MR) is 118 cm³/mol. The topological polar surface area (TPSA) is 83.6 Å². The van der Waals surface area contributed by atoms with E-state index in [4.69, 9.17) is 0 Å². The zero-order chi connectivity index (χ0) is 20.9. The molecule has 0 saturated heterocycles. The Bertz CT molecular complexity index is 1190. The van der Waals surface area contributed by atoms with Crippen LogP contribution in [0.4, 0.5) is 5.82 Å². The van der Waals surface area contributed by atoms with Gasteiger partial charge in [-0.15, -0.1) is 0 Å². The van der Waals surface area contributed by atoms with Crippen molar-refractivity contribution < 1.29 is 0 Å². The molecule has 3 heterocycles. The average Bonchev–Trinajstić information content (AvgIpc) is 2.78. The number of H-pyrrole nitrogens is 1. The van der Waals surface area contributed by atoms with Gasteiger partial charge in [0.15, 0.2) is 0 Å². The van der Waals surface area contributed by atoms with Gasteiger partial charge < -0.3 is 10.3 Å². The highest BCUT2D eigenvalue weighted by Gasteiger charge is 2.16. The monoisotopic (exact) mass is 397 g/mol. The highest BCUT2D eigenvalue weighted by Crippen LogP contribution is 2.26. The highest BCUT2D eigenvalue weighted by molar-refractivity contribution is 5.56. The molecule has 0 aliphatic heterocycles. The van der Waals surface area contributed by atoms with Gasteiger partial charge in [-0.25, -0.2) is 9.97 Å². The van der Waals surface area contributed by atoms with Crippen molar-refractivity contribution in [1.29, 1.82) is 0 Å².